The van der Waals surface area contributed by atoms with E-state index >= 15 is 0 Å². The molecule has 0 amide bonds. The third-order valence-electron chi connectivity index (χ3n) is 4.42. The molecule has 1 aromatic rings. The highest BCUT2D eigenvalue weighted by Crippen LogP contribution is 2.19. The molecule has 1 atom stereocenters. The van der Waals surface area contributed by atoms with Gasteiger partial charge in [0.1, 0.15) is 0 Å². The maximum Gasteiger partial charge on any atom is -0.00175 e. The molecule has 1 heteroatoms. The maximum absolute atomic E-state index is 3.55. The van der Waals surface area contributed by atoms with Crippen LogP contribution in [-0.4, -0.2) is 13.1 Å². The molecule has 0 fully saturated rings. The maximum atomic E-state index is 3.55. The molecule has 0 aliphatic rings. The van der Waals surface area contributed by atoms with Crippen molar-refractivity contribution in [2.75, 3.05) is 13.1 Å². The summed E-state index contributed by atoms with van der Waals surface area (Å²) in [4.78, 5) is 0. The molecule has 0 heterocycles. The Balaban J connectivity index is 2.35. The van der Waals surface area contributed by atoms with Gasteiger partial charge in [-0.3, -0.25) is 0 Å². The Hall–Kier alpha value is -0.820. The van der Waals surface area contributed by atoms with Gasteiger partial charge in [-0.25, -0.2) is 0 Å². The van der Waals surface area contributed by atoms with Crippen LogP contribution in [0.4, 0.5) is 0 Å². The van der Waals surface area contributed by atoms with Crippen molar-refractivity contribution in [2.24, 2.45) is 5.92 Å². The van der Waals surface area contributed by atoms with Crippen LogP contribution < -0.4 is 5.32 Å². The molecule has 0 saturated carbocycles. The highest BCUT2D eigenvalue weighted by atomic mass is 14.8. The van der Waals surface area contributed by atoms with Gasteiger partial charge >= 0.3 is 0 Å². The Morgan fingerprint density at radius 2 is 1.67 bits per heavy atom. The summed E-state index contributed by atoms with van der Waals surface area (Å²) >= 11 is 0. The molecule has 1 unspecified atom stereocenters. The smallest absolute Gasteiger partial charge is 0.00175 e. The van der Waals surface area contributed by atoms with Crippen LogP contribution in [-0.2, 0) is 6.42 Å². The Labute approximate surface area is 132 Å². The predicted octanol–water partition coefficient (Wildman–Crippen LogP) is 5.51. The third kappa shape index (κ3) is 8.26. The quantitative estimate of drug-likeness (QED) is 0.500. The van der Waals surface area contributed by atoms with Crippen LogP contribution in [0, 0.1) is 12.8 Å². The molecule has 0 radical (unpaired) electrons. The van der Waals surface area contributed by atoms with Crippen LogP contribution in [0.2, 0.25) is 0 Å². The van der Waals surface area contributed by atoms with Crippen LogP contribution >= 0.6 is 0 Å². The third-order valence-corrected chi connectivity index (χ3v) is 4.42. The van der Waals surface area contributed by atoms with Gasteiger partial charge in [0.05, 0.1) is 0 Å². The molecule has 1 aromatic carbocycles. The Bertz CT molecular complexity index is 359. The van der Waals surface area contributed by atoms with Gasteiger partial charge < -0.3 is 5.32 Å². The summed E-state index contributed by atoms with van der Waals surface area (Å²) in [5.74, 6) is 0.789. The van der Waals surface area contributed by atoms with E-state index in [4.69, 9.17) is 0 Å². The number of rotatable bonds is 12. The van der Waals surface area contributed by atoms with Crippen molar-refractivity contribution in [3.63, 3.8) is 0 Å². The topological polar surface area (TPSA) is 12.0 Å². The van der Waals surface area contributed by atoms with Crippen molar-refractivity contribution in [1.82, 2.24) is 5.32 Å². The molecule has 21 heavy (non-hydrogen) atoms. The summed E-state index contributed by atoms with van der Waals surface area (Å²) in [6.45, 7) is 8.98. The molecule has 120 valence electrons. The lowest BCUT2D eigenvalue weighted by molar-refractivity contribution is 0.423. The van der Waals surface area contributed by atoms with Gasteiger partial charge in [0.15, 0.2) is 0 Å². The van der Waals surface area contributed by atoms with Crippen molar-refractivity contribution in [2.45, 2.75) is 72.1 Å². The van der Waals surface area contributed by atoms with Gasteiger partial charge in [-0.2, -0.15) is 0 Å². The molecule has 0 aromatic heterocycles. The average Bonchev–Trinajstić information content (AvgIpc) is 2.50. The lowest BCUT2D eigenvalue weighted by Gasteiger charge is -2.18. The fraction of sp³-hybridized carbons (Fsp3) is 0.700. The second kappa shape index (κ2) is 11.8. The average molecular weight is 290 g/mol. The number of aryl methyl sites for hydroxylation is 1. The van der Waals surface area contributed by atoms with Crippen molar-refractivity contribution < 1.29 is 0 Å². The van der Waals surface area contributed by atoms with Crippen LogP contribution in [0.15, 0.2) is 24.3 Å². The Kier molecular flexibility index (Phi) is 10.2. The van der Waals surface area contributed by atoms with E-state index in [0.717, 1.165) is 12.5 Å². The van der Waals surface area contributed by atoms with Crippen molar-refractivity contribution >= 4 is 0 Å². The molecule has 1 N–H and O–H groups in total. The summed E-state index contributed by atoms with van der Waals surface area (Å²) in [6.07, 6.45) is 11.0. The van der Waals surface area contributed by atoms with Crippen molar-refractivity contribution in [3.8, 4) is 0 Å². The molecule has 0 saturated heterocycles. The van der Waals surface area contributed by atoms with E-state index in [1.54, 1.807) is 0 Å². The zero-order valence-electron chi connectivity index (χ0n) is 14.5. The van der Waals surface area contributed by atoms with Crippen molar-refractivity contribution in [3.05, 3.63) is 35.4 Å². The molecule has 0 aliphatic carbocycles. The molecule has 1 rings (SSSR count). The number of unbranched alkanes of at least 4 members (excludes halogenated alkanes) is 5. The van der Waals surface area contributed by atoms with Crippen LogP contribution in [0.1, 0.15) is 69.9 Å². The van der Waals surface area contributed by atoms with Gasteiger partial charge in [0.25, 0.3) is 0 Å². The van der Waals surface area contributed by atoms with E-state index < -0.39 is 0 Å². The normalized spacial score (nSPS) is 12.5. The monoisotopic (exact) mass is 289 g/mol. The minimum atomic E-state index is 0.789. The molecular weight excluding hydrogens is 254 g/mol. The largest absolute Gasteiger partial charge is 0.317 e. The zero-order chi connectivity index (χ0) is 15.3. The van der Waals surface area contributed by atoms with Gasteiger partial charge in [0.2, 0.25) is 0 Å². The van der Waals surface area contributed by atoms with Crippen LogP contribution in [0.3, 0.4) is 0 Å². The predicted molar refractivity (Wildman–Crippen MR) is 94.9 cm³/mol. The van der Waals surface area contributed by atoms with Crippen LogP contribution in [0.25, 0.3) is 0 Å². The zero-order valence-corrected chi connectivity index (χ0v) is 14.5. The number of hydrogen-bond donors (Lipinski definition) is 1. The molecular formula is C20H35N. The minimum Gasteiger partial charge on any atom is -0.317 e. The first-order valence-electron chi connectivity index (χ1n) is 9.03. The van der Waals surface area contributed by atoms with E-state index in [2.05, 4.69) is 50.4 Å². The lowest BCUT2D eigenvalue weighted by Crippen LogP contribution is -2.24. The van der Waals surface area contributed by atoms with E-state index in [1.165, 1.54) is 69.0 Å². The van der Waals surface area contributed by atoms with E-state index in [1.807, 2.05) is 0 Å². The van der Waals surface area contributed by atoms with E-state index in [-0.39, 0.29) is 0 Å². The fourth-order valence-electron chi connectivity index (χ4n) is 2.99. The molecule has 0 spiro atoms. The van der Waals surface area contributed by atoms with E-state index in [0.29, 0.717) is 0 Å². The second-order valence-electron chi connectivity index (χ2n) is 6.36. The van der Waals surface area contributed by atoms with Gasteiger partial charge in [0, 0.05) is 0 Å². The SMILES string of the molecule is CCCCCCCCC(CNCC)Cc1ccccc1C. The summed E-state index contributed by atoms with van der Waals surface area (Å²) in [5, 5.41) is 3.55. The van der Waals surface area contributed by atoms with Crippen LogP contribution in [0.5, 0.6) is 0 Å². The molecule has 0 aliphatic heterocycles. The lowest BCUT2D eigenvalue weighted by atomic mass is 9.91. The Morgan fingerprint density at radius 1 is 0.952 bits per heavy atom. The van der Waals surface area contributed by atoms with Gasteiger partial charge in [-0.05, 0) is 49.9 Å². The summed E-state index contributed by atoms with van der Waals surface area (Å²) < 4.78 is 0. The first-order valence-corrected chi connectivity index (χ1v) is 9.03. The number of nitrogens with one attached hydrogen (secondary N) is 1. The highest BCUT2D eigenvalue weighted by Gasteiger charge is 2.10. The molecule has 1 nitrogen and oxygen atoms in total. The minimum absolute atomic E-state index is 0.789. The second-order valence-corrected chi connectivity index (χ2v) is 6.36. The summed E-state index contributed by atoms with van der Waals surface area (Å²) in [6, 6.07) is 8.86. The molecule has 0 bridgehead atoms. The fourth-order valence-corrected chi connectivity index (χ4v) is 2.99. The standard InChI is InChI=1S/C20H35N/c1-4-6-7-8-9-10-14-19(17-21-5-2)16-20-15-12-11-13-18(20)3/h11-13,15,19,21H,4-10,14,16-17H2,1-3H3. The number of hydrogen-bond acceptors (Lipinski definition) is 1. The number of benzene rings is 1. The first-order chi connectivity index (χ1) is 10.3. The van der Waals surface area contributed by atoms with E-state index in [9.17, 15) is 0 Å². The van der Waals surface area contributed by atoms with Gasteiger partial charge in [-0.15, -0.1) is 0 Å². The van der Waals surface area contributed by atoms with Gasteiger partial charge in [-0.1, -0.05) is 76.6 Å². The highest BCUT2D eigenvalue weighted by molar-refractivity contribution is 5.25. The van der Waals surface area contributed by atoms with Crippen molar-refractivity contribution in [1.29, 1.82) is 0 Å². The first kappa shape index (κ1) is 18.2. The summed E-state index contributed by atoms with van der Waals surface area (Å²) in [5.41, 5.74) is 2.98. The summed E-state index contributed by atoms with van der Waals surface area (Å²) in [7, 11) is 0. The Morgan fingerprint density at radius 3 is 2.38 bits per heavy atom.